The molecule has 1 atom stereocenters. The van der Waals surface area contributed by atoms with Crippen molar-refractivity contribution in [3.63, 3.8) is 0 Å². The van der Waals surface area contributed by atoms with Gasteiger partial charge in [0.2, 0.25) is 10.0 Å². The van der Waals surface area contributed by atoms with Gasteiger partial charge in [0.15, 0.2) is 0 Å². The summed E-state index contributed by atoms with van der Waals surface area (Å²) in [6.07, 6.45) is 4.89. The molecule has 1 unspecified atom stereocenters. The van der Waals surface area contributed by atoms with E-state index in [1.807, 2.05) is 11.5 Å². The molecule has 0 saturated heterocycles. The van der Waals surface area contributed by atoms with E-state index in [0.29, 0.717) is 13.1 Å². The predicted octanol–water partition coefficient (Wildman–Crippen LogP) is 1.40. The van der Waals surface area contributed by atoms with Gasteiger partial charge in [-0.3, -0.25) is 4.98 Å². The second kappa shape index (κ2) is 6.38. The molecule has 21 heavy (non-hydrogen) atoms. The summed E-state index contributed by atoms with van der Waals surface area (Å²) in [5.74, 6) is 0. The third-order valence-corrected chi connectivity index (χ3v) is 4.87. The van der Waals surface area contributed by atoms with E-state index in [-0.39, 0.29) is 10.9 Å². The van der Waals surface area contributed by atoms with Crippen molar-refractivity contribution >= 4 is 10.0 Å². The Morgan fingerprint density at radius 2 is 2.05 bits per heavy atom. The van der Waals surface area contributed by atoms with Crippen LogP contribution in [0.3, 0.4) is 0 Å². The minimum Gasteiger partial charge on any atom is -0.349 e. The Labute approximate surface area is 125 Å². The zero-order chi connectivity index (χ0) is 15.5. The van der Waals surface area contributed by atoms with E-state index in [9.17, 15) is 8.42 Å². The molecule has 114 valence electrons. The Morgan fingerprint density at radius 1 is 1.38 bits per heavy atom. The number of aromatic nitrogens is 2. The highest BCUT2D eigenvalue weighted by atomic mass is 32.2. The van der Waals surface area contributed by atoms with Gasteiger partial charge in [0.05, 0.1) is 4.90 Å². The molecule has 0 aliphatic rings. The van der Waals surface area contributed by atoms with Gasteiger partial charge in [-0.2, -0.15) is 0 Å². The lowest BCUT2D eigenvalue weighted by molar-refractivity contribution is 0.566. The molecule has 3 N–H and O–H groups in total. The largest absolute Gasteiger partial charge is 0.349 e. The van der Waals surface area contributed by atoms with Crippen molar-refractivity contribution in [1.29, 1.82) is 0 Å². The Kier molecular flexibility index (Phi) is 4.76. The van der Waals surface area contributed by atoms with Crippen LogP contribution in [0.1, 0.15) is 31.1 Å². The number of sulfonamides is 1. The molecule has 0 fully saturated rings. The zero-order valence-corrected chi connectivity index (χ0v) is 13.0. The van der Waals surface area contributed by atoms with Crippen LogP contribution in [0.5, 0.6) is 0 Å². The summed E-state index contributed by atoms with van der Waals surface area (Å²) in [5, 5.41) is 0. The average Bonchev–Trinajstić information content (AvgIpc) is 2.92. The number of nitrogens with two attached hydrogens (primary N) is 1. The Morgan fingerprint density at radius 3 is 2.57 bits per heavy atom. The number of rotatable bonds is 6. The third-order valence-electron chi connectivity index (χ3n) is 3.36. The molecular weight excluding hydrogens is 288 g/mol. The van der Waals surface area contributed by atoms with Crippen LogP contribution < -0.4 is 10.5 Å². The normalized spacial score (nSPS) is 13.3. The number of aryl methyl sites for hydroxylation is 1. The van der Waals surface area contributed by atoms with Gasteiger partial charge in [-0.25, -0.2) is 13.1 Å². The summed E-state index contributed by atoms with van der Waals surface area (Å²) in [5.41, 5.74) is 7.30. The van der Waals surface area contributed by atoms with Crippen molar-refractivity contribution in [2.45, 2.75) is 37.9 Å². The maximum Gasteiger partial charge on any atom is 0.242 e. The molecule has 2 aromatic rings. The lowest BCUT2D eigenvalue weighted by atomic mass is 10.1. The smallest absolute Gasteiger partial charge is 0.242 e. The second-order valence-corrected chi connectivity index (χ2v) is 6.49. The molecule has 0 amide bonds. The highest BCUT2D eigenvalue weighted by Crippen LogP contribution is 2.18. The van der Waals surface area contributed by atoms with Crippen LogP contribution in [-0.4, -0.2) is 18.0 Å². The van der Waals surface area contributed by atoms with Gasteiger partial charge in [0.25, 0.3) is 0 Å². The van der Waals surface area contributed by atoms with E-state index >= 15 is 0 Å². The van der Waals surface area contributed by atoms with Gasteiger partial charge in [-0.1, -0.05) is 0 Å². The first-order valence-corrected chi connectivity index (χ1v) is 8.27. The summed E-state index contributed by atoms with van der Waals surface area (Å²) in [6.45, 7) is 4.74. The first-order valence-electron chi connectivity index (χ1n) is 6.79. The van der Waals surface area contributed by atoms with Gasteiger partial charge >= 0.3 is 0 Å². The van der Waals surface area contributed by atoms with E-state index < -0.39 is 10.0 Å². The van der Waals surface area contributed by atoms with Gasteiger partial charge in [0, 0.05) is 43.4 Å². The number of hydrogen-bond donors (Lipinski definition) is 2. The molecule has 7 heteroatoms. The minimum absolute atomic E-state index is 0.241. The van der Waals surface area contributed by atoms with Crippen LogP contribution in [0.15, 0.2) is 41.7 Å². The van der Waals surface area contributed by atoms with Crippen molar-refractivity contribution in [3.05, 3.63) is 48.0 Å². The fourth-order valence-corrected chi connectivity index (χ4v) is 3.45. The van der Waals surface area contributed by atoms with Gasteiger partial charge in [-0.15, -0.1) is 0 Å². The first-order chi connectivity index (χ1) is 9.97. The number of nitrogens with zero attached hydrogens (tertiary/aromatic N) is 2. The molecule has 0 aliphatic heterocycles. The van der Waals surface area contributed by atoms with E-state index in [1.165, 1.54) is 0 Å². The molecule has 0 spiro atoms. The van der Waals surface area contributed by atoms with Crippen molar-refractivity contribution in [2.75, 3.05) is 0 Å². The fourth-order valence-electron chi connectivity index (χ4n) is 2.16. The molecule has 0 bridgehead atoms. The summed E-state index contributed by atoms with van der Waals surface area (Å²) < 4.78 is 29.4. The maximum atomic E-state index is 12.4. The molecule has 0 saturated carbocycles. The van der Waals surface area contributed by atoms with Crippen molar-refractivity contribution in [2.24, 2.45) is 5.73 Å². The number of hydrogen-bond acceptors (Lipinski definition) is 4. The Balaban J connectivity index is 2.24. The molecule has 6 nitrogen and oxygen atoms in total. The molecule has 2 aromatic heterocycles. The highest BCUT2D eigenvalue weighted by molar-refractivity contribution is 7.89. The lowest BCUT2D eigenvalue weighted by Gasteiger charge is -2.13. The van der Waals surface area contributed by atoms with Gasteiger partial charge in [0.1, 0.15) is 0 Å². The molecule has 0 aromatic carbocycles. The second-order valence-electron chi connectivity index (χ2n) is 4.78. The van der Waals surface area contributed by atoms with E-state index in [4.69, 9.17) is 5.73 Å². The number of pyridine rings is 1. The van der Waals surface area contributed by atoms with Crippen LogP contribution in [-0.2, 0) is 23.1 Å². The minimum atomic E-state index is -3.58. The predicted molar refractivity (Wildman–Crippen MR) is 81.0 cm³/mol. The third kappa shape index (κ3) is 3.49. The molecule has 2 heterocycles. The van der Waals surface area contributed by atoms with Crippen LogP contribution in [0.4, 0.5) is 0 Å². The fraction of sp³-hybridized carbons (Fsp3) is 0.357. The molecule has 2 rings (SSSR count). The van der Waals surface area contributed by atoms with Crippen molar-refractivity contribution < 1.29 is 8.42 Å². The first kappa shape index (κ1) is 15.7. The lowest BCUT2D eigenvalue weighted by Crippen LogP contribution is -2.26. The highest BCUT2D eigenvalue weighted by Gasteiger charge is 2.20. The Bertz CT molecular complexity index is 674. The summed E-state index contributed by atoms with van der Waals surface area (Å²) in [7, 11) is -3.58. The maximum absolute atomic E-state index is 12.4. The summed E-state index contributed by atoms with van der Waals surface area (Å²) >= 11 is 0. The standard InChI is InChI=1S/C14H20N4O2S/c1-3-18-10-14(8-13(18)9-15)21(19,20)17-11(2)12-4-6-16-7-5-12/h4-8,10-11,17H,3,9,15H2,1-2H3. The van der Waals surface area contributed by atoms with Crippen molar-refractivity contribution in [1.82, 2.24) is 14.3 Å². The van der Waals surface area contributed by atoms with E-state index in [0.717, 1.165) is 11.3 Å². The molecule has 0 aliphatic carbocycles. The summed E-state index contributed by atoms with van der Waals surface area (Å²) in [6, 6.07) is 4.86. The summed E-state index contributed by atoms with van der Waals surface area (Å²) in [4.78, 5) is 4.17. The van der Waals surface area contributed by atoms with Crippen LogP contribution in [0.2, 0.25) is 0 Å². The van der Waals surface area contributed by atoms with Crippen LogP contribution in [0, 0.1) is 0 Å². The zero-order valence-electron chi connectivity index (χ0n) is 12.2. The van der Waals surface area contributed by atoms with Crippen molar-refractivity contribution in [3.8, 4) is 0 Å². The van der Waals surface area contributed by atoms with Crippen LogP contribution >= 0.6 is 0 Å². The average molecular weight is 308 g/mol. The Hall–Kier alpha value is -1.70. The quantitative estimate of drug-likeness (QED) is 0.844. The van der Waals surface area contributed by atoms with E-state index in [2.05, 4.69) is 9.71 Å². The van der Waals surface area contributed by atoms with Gasteiger partial charge in [-0.05, 0) is 37.6 Å². The molecular formula is C14H20N4O2S. The topological polar surface area (TPSA) is 90.0 Å². The number of nitrogens with one attached hydrogen (secondary N) is 1. The van der Waals surface area contributed by atoms with E-state index in [1.54, 1.807) is 43.7 Å². The molecule has 0 radical (unpaired) electrons. The monoisotopic (exact) mass is 308 g/mol. The van der Waals surface area contributed by atoms with Gasteiger partial charge < -0.3 is 10.3 Å². The SMILES string of the molecule is CCn1cc(S(=O)(=O)NC(C)c2ccncc2)cc1CN. The van der Waals surface area contributed by atoms with Crippen LogP contribution in [0.25, 0.3) is 0 Å².